The summed E-state index contributed by atoms with van der Waals surface area (Å²) >= 11 is 1.59. The van der Waals surface area contributed by atoms with E-state index in [-0.39, 0.29) is 5.56 Å². The van der Waals surface area contributed by atoms with Crippen LogP contribution in [0.1, 0.15) is 16.1 Å². The molecule has 1 aromatic carbocycles. The Hall–Kier alpha value is -1.93. The van der Waals surface area contributed by atoms with Gasteiger partial charge in [0.05, 0.1) is 23.4 Å². The number of rotatable bonds is 4. The van der Waals surface area contributed by atoms with Gasteiger partial charge in [0.25, 0.3) is 0 Å². The summed E-state index contributed by atoms with van der Waals surface area (Å²) in [6.07, 6.45) is 0.748. The Labute approximate surface area is 108 Å². The van der Waals surface area contributed by atoms with E-state index in [4.69, 9.17) is 10.00 Å². The first-order valence-electron chi connectivity index (χ1n) is 5.42. The summed E-state index contributed by atoms with van der Waals surface area (Å²) in [5.41, 5.74) is 2.83. The second-order valence-electron chi connectivity index (χ2n) is 3.71. The van der Waals surface area contributed by atoms with Gasteiger partial charge in [-0.2, -0.15) is 5.26 Å². The zero-order chi connectivity index (χ0) is 13.0. The van der Waals surface area contributed by atoms with Crippen molar-refractivity contribution in [3.63, 3.8) is 0 Å². The van der Waals surface area contributed by atoms with Crippen LogP contribution < -0.4 is 4.74 Å². The number of nitrogens with zero attached hydrogens (tertiary/aromatic N) is 2. The third-order valence-corrected chi connectivity index (χ3v) is 3.50. The maximum absolute atomic E-state index is 13.3. The van der Waals surface area contributed by atoms with E-state index in [0.717, 1.165) is 12.1 Å². The summed E-state index contributed by atoms with van der Waals surface area (Å²) in [7, 11) is 0. The van der Waals surface area contributed by atoms with Gasteiger partial charge in [-0.05, 0) is 19.1 Å². The van der Waals surface area contributed by atoms with E-state index in [2.05, 4.69) is 4.98 Å². The Morgan fingerprint density at radius 2 is 2.33 bits per heavy atom. The predicted molar refractivity (Wildman–Crippen MR) is 67.2 cm³/mol. The first kappa shape index (κ1) is 12.5. The summed E-state index contributed by atoms with van der Waals surface area (Å²) in [5, 5.41) is 8.60. The molecule has 0 fully saturated rings. The molecule has 0 saturated heterocycles. The van der Waals surface area contributed by atoms with Crippen LogP contribution in [0, 0.1) is 24.1 Å². The van der Waals surface area contributed by atoms with Gasteiger partial charge in [-0.1, -0.05) is 0 Å². The van der Waals surface area contributed by atoms with Crippen LogP contribution in [-0.2, 0) is 6.42 Å². The molecule has 0 aliphatic rings. The van der Waals surface area contributed by atoms with E-state index in [1.54, 1.807) is 29.0 Å². The second-order valence-corrected chi connectivity index (χ2v) is 4.65. The second kappa shape index (κ2) is 5.61. The van der Waals surface area contributed by atoms with Crippen molar-refractivity contribution in [3.05, 3.63) is 45.7 Å². The van der Waals surface area contributed by atoms with Gasteiger partial charge in [0.2, 0.25) is 0 Å². The van der Waals surface area contributed by atoms with Crippen LogP contribution in [0.3, 0.4) is 0 Å². The summed E-state index contributed by atoms with van der Waals surface area (Å²) in [5.74, 6) is -0.113. The average molecular weight is 262 g/mol. The maximum Gasteiger partial charge on any atom is 0.144 e. The fourth-order valence-electron chi connectivity index (χ4n) is 1.50. The fourth-order valence-corrected chi connectivity index (χ4v) is 2.27. The van der Waals surface area contributed by atoms with Crippen molar-refractivity contribution in [3.8, 4) is 11.8 Å². The molecule has 0 saturated carbocycles. The molecule has 18 heavy (non-hydrogen) atoms. The molecule has 0 atom stereocenters. The zero-order valence-electron chi connectivity index (χ0n) is 9.81. The van der Waals surface area contributed by atoms with E-state index >= 15 is 0 Å². The fraction of sp³-hybridized carbons (Fsp3) is 0.231. The molecule has 0 N–H and O–H groups in total. The lowest BCUT2D eigenvalue weighted by Gasteiger charge is -2.06. The van der Waals surface area contributed by atoms with Crippen LogP contribution >= 0.6 is 11.3 Å². The van der Waals surface area contributed by atoms with Crippen LogP contribution in [0.4, 0.5) is 4.39 Å². The molecule has 0 unspecified atom stereocenters. The minimum atomic E-state index is -0.552. The Morgan fingerprint density at radius 3 is 2.94 bits per heavy atom. The molecular weight excluding hydrogens is 251 g/mol. The molecule has 0 spiro atoms. The smallest absolute Gasteiger partial charge is 0.144 e. The molecule has 0 radical (unpaired) electrons. The van der Waals surface area contributed by atoms with Crippen LogP contribution in [0.15, 0.2) is 23.7 Å². The van der Waals surface area contributed by atoms with Crippen molar-refractivity contribution in [2.75, 3.05) is 6.61 Å². The number of ether oxygens (including phenoxy) is 1. The SMILES string of the molecule is Cc1ncsc1CCOc1ccc(C#N)c(F)c1. The van der Waals surface area contributed by atoms with Gasteiger partial charge in [-0.25, -0.2) is 9.37 Å². The predicted octanol–water partition coefficient (Wildman–Crippen LogP) is 3.08. The molecule has 0 bridgehead atoms. The highest BCUT2D eigenvalue weighted by molar-refractivity contribution is 7.09. The van der Waals surface area contributed by atoms with E-state index in [0.29, 0.717) is 12.4 Å². The van der Waals surface area contributed by atoms with E-state index in [1.807, 2.05) is 6.92 Å². The molecule has 0 aliphatic carbocycles. The molecule has 3 nitrogen and oxygen atoms in total. The van der Waals surface area contributed by atoms with Gasteiger partial charge in [0.1, 0.15) is 17.6 Å². The largest absolute Gasteiger partial charge is 0.493 e. The Morgan fingerprint density at radius 1 is 1.50 bits per heavy atom. The molecule has 5 heteroatoms. The highest BCUT2D eigenvalue weighted by Crippen LogP contribution is 2.17. The molecule has 92 valence electrons. The summed E-state index contributed by atoms with van der Waals surface area (Å²) in [6, 6.07) is 6.02. The summed E-state index contributed by atoms with van der Waals surface area (Å²) in [4.78, 5) is 5.32. The van der Waals surface area contributed by atoms with Crippen molar-refractivity contribution in [1.29, 1.82) is 5.26 Å². The number of aromatic nitrogens is 1. The maximum atomic E-state index is 13.3. The van der Waals surface area contributed by atoms with Gasteiger partial charge in [0.15, 0.2) is 0 Å². The molecule has 1 heterocycles. The third kappa shape index (κ3) is 2.84. The van der Waals surface area contributed by atoms with Crippen LogP contribution in [-0.4, -0.2) is 11.6 Å². The van der Waals surface area contributed by atoms with Crippen molar-refractivity contribution >= 4 is 11.3 Å². The minimum Gasteiger partial charge on any atom is -0.493 e. The van der Waals surface area contributed by atoms with Gasteiger partial charge in [-0.3, -0.25) is 0 Å². The molecule has 0 aliphatic heterocycles. The van der Waals surface area contributed by atoms with Crippen molar-refractivity contribution in [2.45, 2.75) is 13.3 Å². The highest BCUT2D eigenvalue weighted by atomic mass is 32.1. The summed E-state index contributed by atoms with van der Waals surface area (Å²) < 4.78 is 18.7. The van der Waals surface area contributed by atoms with Crippen LogP contribution in [0.2, 0.25) is 0 Å². The number of hydrogen-bond donors (Lipinski definition) is 0. The molecule has 0 amide bonds. The number of thiazole rings is 1. The summed E-state index contributed by atoms with van der Waals surface area (Å²) in [6.45, 7) is 2.42. The quantitative estimate of drug-likeness (QED) is 0.850. The van der Waals surface area contributed by atoms with E-state index in [1.165, 1.54) is 17.0 Å². The Balaban J connectivity index is 1.93. The average Bonchev–Trinajstić information content (AvgIpc) is 2.75. The number of nitriles is 1. The van der Waals surface area contributed by atoms with Gasteiger partial charge >= 0.3 is 0 Å². The third-order valence-electron chi connectivity index (χ3n) is 2.50. The minimum absolute atomic E-state index is 0.0284. The Bertz CT molecular complexity index is 589. The topological polar surface area (TPSA) is 45.9 Å². The van der Waals surface area contributed by atoms with Crippen molar-refractivity contribution in [2.24, 2.45) is 0 Å². The van der Waals surface area contributed by atoms with Gasteiger partial charge < -0.3 is 4.74 Å². The highest BCUT2D eigenvalue weighted by Gasteiger charge is 2.05. The van der Waals surface area contributed by atoms with Crippen LogP contribution in [0.25, 0.3) is 0 Å². The first-order valence-corrected chi connectivity index (χ1v) is 6.30. The lowest BCUT2D eigenvalue weighted by atomic mass is 10.2. The van der Waals surface area contributed by atoms with Gasteiger partial charge in [-0.15, -0.1) is 11.3 Å². The molecule has 2 aromatic rings. The monoisotopic (exact) mass is 262 g/mol. The standard InChI is InChI=1S/C13H11FN2OS/c1-9-13(18-8-16-9)4-5-17-11-3-2-10(7-15)12(14)6-11/h2-3,6,8H,4-5H2,1H3. The van der Waals surface area contributed by atoms with Crippen LogP contribution in [0.5, 0.6) is 5.75 Å². The van der Waals surface area contributed by atoms with E-state index in [9.17, 15) is 4.39 Å². The van der Waals surface area contributed by atoms with E-state index < -0.39 is 5.82 Å². The normalized spacial score (nSPS) is 10.1. The number of halogens is 1. The lowest BCUT2D eigenvalue weighted by molar-refractivity contribution is 0.321. The lowest BCUT2D eigenvalue weighted by Crippen LogP contribution is -2.01. The number of hydrogen-bond acceptors (Lipinski definition) is 4. The van der Waals surface area contributed by atoms with Gasteiger partial charge in [0, 0.05) is 17.4 Å². The number of benzene rings is 1. The Kier molecular flexibility index (Phi) is 3.90. The molecule has 2 rings (SSSR count). The zero-order valence-corrected chi connectivity index (χ0v) is 10.6. The first-order chi connectivity index (χ1) is 8.70. The van der Waals surface area contributed by atoms with Crippen molar-refractivity contribution in [1.82, 2.24) is 4.98 Å². The number of aryl methyl sites for hydroxylation is 1. The van der Waals surface area contributed by atoms with Crippen molar-refractivity contribution < 1.29 is 9.13 Å². The molecular formula is C13H11FN2OS. The molecule has 1 aromatic heterocycles.